The van der Waals surface area contributed by atoms with E-state index in [1.165, 1.54) is 13.2 Å². The van der Waals surface area contributed by atoms with Crippen LogP contribution in [-0.2, 0) is 19.2 Å². The summed E-state index contributed by atoms with van der Waals surface area (Å²) in [6.45, 7) is 1.65. The Balaban J connectivity index is 1.49. The summed E-state index contributed by atoms with van der Waals surface area (Å²) >= 11 is 2.03. The van der Waals surface area contributed by atoms with Crippen LogP contribution in [0.1, 0.15) is 63.4 Å². The molecule has 1 aliphatic heterocycles. The molecule has 5 aliphatic rings. The number of allylic oxidation sites excluding steroid dienone is 6. The fraction of sp³-hybridized carbons (Fsp3) is 0.467. The summed E-state index contributed by atoms with van der Waals surface area (Å²) in [6, 6.07) is 3.48. The lowest BCUT2D eigenvalue weighted by atomic mass is 9.59. The standard InChI is InChI=1S/C30H30INO6/c1-14-10-22(33)20-13-19-17(24(26(20)27(14)34)15-11-21(31)28(35)23(12-15)38-2)8-9-18-25(19)30(37)32(29(18)36)16-6-4-3-5-7-16/h8,10-12,16,18-19,24-25,35H,3-7,9,13H2,1-2H3/t18-,19+,24-,25-/m0/s1. The van der Waals surface area contributed by atoms with E-state index in [2.05, 4.69) is 0 Å². The molecule has 0 unspecified atom stereocenters. The Morgan fingerprint density at radius 3 is 2.47 bits per heavy atom. The first-order chi connectivity index (χ1) is 18.2. The molecule has 1 saturated heterocycles. The molecular formula is C30H30INO6. The second-order valence-corrected chi connectivity index (χ2v) is 12.3. The Hall–Kier alpha value is -2.75. The lowest BCUT2D eigenvalue weighted by molar-refractivity contribution is -0.143. The quantitative estimate of drug-likeness (QED) is 0.225. The van der Waals surface area contributed by atoms with Crippen LogP contribution in [0.25, 0.3) is 0 Å². The molecule has 0 radical (unpaired) electrons. The maximum Gasteiger partial charge on any atom is 0.233 e. The number of rotatable bonds is 3. The van der Waals surface area contributed by atoms with Crippen molar-refractivity contribution in [2.24, 2.45) is 17.8 Å². The van der Waals surface area contributed by atoms with Crippen LogP contribution in [0, 0.1) is 21.3 Å². The van der Waals surface area contributed by atoms with E-state index in [1.54, 1.807) is 17.9 Å². The van der Waals surface area contributed by atoms with E-state index in [9.17, 15) is 24.3 Å². The van der Waals surface area contributed by atoms with E-state index in [0.717, 1.165) is 43.2 Å². The van der Waals surface area contributed by atoms with E-state index in [1.807, 2.05) is 34.7 Å². The van der Waals surface area contributed by atoms with Gasteiger partial charge in [-0.2, -0.15) is 0 Å². The third kappa shape index (κ3) is 3.73. The Kier molecular flexibility index (Phi) is 6.36. The summed E-state index contributed by atoms with van der Waals surface area (Å²) in [7, 11) is 1.47. The fourth-order valence-corrected chi connectivity index (χ4v) is 8.01. The number of benzene rings is 1. The van der Waals surface area contributed by atoms with Crippen molar-refractivity contribution in [3.63, 3.8) is 0 Å². The molecular weight excluding hydrogens is 597 g/mol. The second kappa shape index (κ2) is 9.47. The van der Waals surface area contributed by atoms with Crippen molar-refractivity contribution in [1.82, 2.24) is 4.90 Å². The van der Waals surface area contributed by atoms with Crippen LogP contribution in [0.3, 0.4) is 0 Å². The molecule has 4 atom stereocenters. The van der Waals surface area contributed by atoms with E-state index in [0.29, 0.717) is 26.7 Å². The Morgan fingerprint density at radius 2 is 1.76 bits per heavy atom. The van der Waals surface area contributed by atoms with Gasteiger partial charge >= 0.3 is 0 Å². The number of phenols is 1. The number of imide groups is 1. The molecule has 4 aliphatic carbocycles. The van der Waals surface area contributed by atoms with Gasteiger partial charge in [0.25, 0.3) is 0 Å². The summed E-state index contributed by atoms with van der Waals surface area (Å²) in [5, 5.41) is 10.5. The van der Waals surface area contributed by atoms with Crippen molar-refractivity contribution in [1.29, 1.82) is 0 Å². The van der Waals surface area contributed by atoms with E-state index in [4.69, 9.17) is 4.74 Å². The van der Waals surface area contributed by atoms with Crippen LogP contribution in [-0.4, -0.2) is 46.5 Å². The van der Waals surface area contributed by atoms with E-state index in [-0.39, 0.29) is 53.3 Å². The van der Waals surface area contributed by atoms with Gasteiger partial charge in [-0.05, 0) is 84.9 Å². The number of amides is 2. The topological polar surface area (TPSA) is 101 Å². The van der Waals surface area contributed by atoms with Crippen LogP contribution in [0.5, 0.6) is 11.5 Å². The predicted octanol–water partition coefficient (Wildman–Crippen LogP) is 4.77. The number of methoxy groups -OCH3 is 1. The number of Topliss-reactive ketones (excluding diaryl/α,β-unsaturated/α-hetero) is 1. The molecule has 198 valence electrons. The molecule has 1 saturated carbocycles. The van der Waals surface area contributed by atoms with Gasteiger partial charge in [0.15, 0.2) is 23.1 Å². The van der Waals surface area contributed by atoms with Crippen molar-refractivity contribution in [2.75, 3.05) is 7.11 Å². The molecule has 0 bridgehead atoms. The number of likely N-dealkylation sites (tertiary alicyclic amines) is 1. The number of carbonyl (C=O) groups is 4. The van der Waals surface area contributed by atoms with Crippen molar-refractivity contribution < 1.29 is 29.0 Å². The number of halogens is 1. The molecule has 1 heterocycles. The molecule has 0 spiro atoms. The van der Waals surface area contributed by atoms with Gasteiger partial charge in [0.2, 0.25) is 11.8 Å². The first-order valence-corrected chi connectivity index (χ1v) is 14.4. The van der Waals surface area contributed by atoms with Gasteiger partial charge in [0, 0.05) is 28.7 Å². The molecule has 38 heavy (non-hydrogen) atoms. The number of ketones is 2. The second-order valence-electron chi connectivity index (χ2n) is 11.1. The maximum absolute atomic E-state index is 13.9. The van der Waals surface area contributed by atoms with Crippen molar-refractivity contribution in [3.05, 3.63) is 55.7 Å². The molecule has 1 N–H and O–H groups in total. The van der Waals surface area contributed by atoms with E-state index >= 15 is 0 Å². The summed E-state index contributed by atoms with van der Waals surface area (Å²) in [5.41, 5.74) is 2.91. The van der Waals surface area contributed by atoms with Crippen LogP contribution < -0.4 is 4.74 Å². The first-order valence-electron chi connectivity index (χ1n) is 13.4. The largest absolute Gasteiger partial charge is 0.504 e. The number of carbonyl (C=O) groups excluding carboxylic acids is 4. The Bertz CT molecular complexity index is 1380. The molecule has 6 rings (SSSR count). The number of aromatic hydroxyl groups is 1. The van der Waals surface area contributed by atoms with Crippen molar-refractivity contribution in [3.8, 4) is 11.5 Å². The highest BCUT2D eigenvalue weighted by Crippen LogP contribution is 2.56. The highest BCUT2D eigenvalue weighted by atomic mass is 127. The van der Waals surface area contributed by atoms with Gasteiger partial charge < -0.3 is 9.84 Å². The number of ether oxygens (including phenoxy) is 1. The van der Waals surface area contributed by atoms with Gasteiger partial charge in [-0.1, -0.05) is 30.9 Å². The molecule has 7 nitrogen and oxygen atoms in total. The fourth-order valence-electron chi connectivity index (χ4n) is 7.38. The smallest absolute Gasteiger partial charge is 0.233 e. The number of fused-ring (bicyclic) bond motifs is 3. The zero-order chi connectivity index (χ0) is 26.9. The predicted molar refractivity (Wildman–Crippen MR) is 147 cm³/mol. The summed E-state index contributed by atoms with van der Waals surface area (Å²) in [4.78, 5) is 55.9. The SMILES string of the molecule is COc1cc([C@H]2C3=CC[C@@H]4C(=O)N(C5CCCCC5)C(=O)[C@@H]4[C@@H]3CC3=C2C(=O)C(C)=CC3=O)cc(I)c1O. The van der Waals surface area contributed by atoms with Crippen molar-refractivity contribution in [2.45, 2.75) is 63.8 Å². The van der Waals surface area contributed by atoms with Crippen molar-refractivity contribution >= 4 is 46.0 Å². The minimum absolute atomic E-state index is 0.0120. The lowest BCUT2D eigenvalue weighted by Gasteiger charge is -2.42. The van der Waals surface area contributed by atoms with Crippen LogP contribution in [0.2, 0.25) is 0 Å². The highest BCUT2D eigenvalue weighted by Gasteiger charge is 2.57. The number of nitrogens with zero attached hydrogens (tertiary/aromatic N) is 1. The normalized spacial score (nSPS) is 29.6. The van der Waals surface area contributed by atoms with Crippen LogP contribution in [0.15, 0.2) is 46.6 Å². The van der Waals surface area contributed by atoms with Gasteiger partial charge in [0.05, 0.1) is 22.5 Å². The Labute approximate surface area is 235 Å². The third-order valence-electron chi connectivity index (χ3n) is 9.14. The van der Waals surface area contributed by atoms with Gasteiger partial charge in [-0.25, -0.2) is 0 Å². The molecule has 8 heteroatoms. The highest BCUT2D eigenvalue weighted by molar-refractivity contribution is 14.1. The van der Waals surface area contributed by atoms with Gasteiger partial charge in [0.1, 0.15) is 0 Å². The minimum atomic E-state index is -0.556. The first kappa shape index (κ1) is 25.5. The molecule has 2 fully saturated rings. The number of phenolic OH excluding ortho intramolecular Hbond substituents is 1. The zero-order valence-corrected chi connectivity index (χ0v) is 23.6. The summed E-state index contributed by atoms with van der Waals surface area (Å²) in [5.74, 6) is -2.15. The van der Waals surface area contributed by atoms with Crippen LogP contribution in [0.4, 0.5) is 0 Å². The average molecular weight is 627 g/mol. The molecule has 1 aromatic carbocycles. The third-order valence-corrected chi connectivity index (χ3v) is 9.96. The van der Waals surface area contributed by atoms with E-state index < -0.39 is 17.8 Å². The molecule has 2 amide bonds. The average Bonchev–Trinajstić information content (AvgIpc) is 3.17. The lowest BCUT2D eigenvalue weighted by Crippen LogP contribution is -2.43. The van der Waals surface area contributed by atoms with Gasteiger partial charge in [-0.15, -0.1) is 0 Å². The number of hydrogen-bond donors (Lipinski definition) is 1. The maximum atomic E-state index is 13.9. The minimum Gasteiger partial charge on any atom is -0.504 e. The molecule has 0 aromatic heterocycles. The Morgan fingerprint density at radius 1 is 1.03 bits per heavy atom. The number of hydrogen-bond acceptors (Lipinski definition) is 6. The van der Waals surface area contributed by atoms with Gasteiger partial charge in [-0.3, -0.25) is 24.1 Å². The summed E-state index contributed by atoms with van der Waals surface area (Å²) < 4.78 is 5.98. The summed E-state index contributed by atoms with van der Waals surface area (Å²) in [6.07, 6.45) is 9.01. The van der Waals surface area contributed by atoms with Crippen LogP contribution >= 0.6 is 22.6 Å². The monoisotopic (exact) mass is 627 g/mol. The molecule has 1 aromatic rings. The zero-order valence-electron chi connectivity index (χ0n) is 21.5.